The van der Waals surface area contributed by atoms with Gasteiger partial charge in [-0.3, -0.25) is 0 Å². The van der Waals surface area contributed by atoms with Crippen molar-refractivity contribution in [2.45, 2.75) is 64.7 Å². The lowest BCUT2D eigenvalue weighted by atomic mass is 9.42. The Morgan fingerprint density at radius 1 is 0.458 bits per heavy atom. The third-order valence-corrected chi connectivity index (χ3v) is 14.3. The van der Waals surface area contributed by atoms with Gasteiger partial charge in [0, 0.05) is 44.4 Å². The van der Waals surface area contributed by atoms with E-state index < -0.39 is 0 Å². The summed E-state index contributed by atoms with van der Waals surface area (Å²) in [6.45, 7) is 16.6. The highest BCUT2D eigenvalue weighted by atomic mass is 15.2. The van der Waals surface area contributed by atoms with Crippen LogP contribution < -0.4 is 20.6 Å². The van der Waals surface area contributed by atoms with Crippen LogP contribution >= 0.6 is 0 Å². The van der Waals surface area contributed by atoms with Crippen LogP contribution in [0.25, 0.3) is 44.2 Å². The molecule has 12 rings (SSSR count). The summed E-state index contributed by atoms with van der Waals surface area (Å²) in [7, 11) is 0. The predicted molar refractivity (Wildman–Crippen MR) is 251 cm³/mol. The summed E-state index contributed by atoms with van der Waals surface area (Å²) in [6.07, 6.45) is 0. The second-order valence-corrected chi connectivity index (χ2v) is 19.3. The van der Waals surface area contributed by atoms with Gasteiger partial charge in [-0.1, -0.05) is 176 Å². The minimum atomic E-state index is -0.167. The molecule has 0 amide bonds. The van der Waals surface area contributed by atoms with Gasteiger partial charge in [-0.25, -0.2) is 0 Å². The molecule has 59 heavy (non-hydrogen) atoms. The number of anilines is 5. The van der Waals surface area contributed by atoms with Gasteiger partial charge in [-0.05, 0) is 102 Å². The molecule has 3 heteroatoms. The predicted octanol–water partition coefficient (Wildman–Crippen LogP) is 13.5. The molecule has 4 aliphatic rings. The van der Waals surface area contributed by atoms with Gasteiger partial charge in [0.25, 0.3) is 0 Å². The van der Waals surface area contributed by atoms with Crippen molar-refractivity contribution in [1.29, 1.82) is 0 Å². The Kier molecular flexibility index (Phi) is 6.86. The smallest absolute Gasteiger partial charge is 0.333 e. The second-order valence-electron chi connectivity index (χ2n) is 19.3. The molecule has 0 radical (unpaired) electrons. The quantitative estimate of drug-likeness (QED) is 0.162. The highest BCUT2D eigenvalue weighted by Gasteiger charge is 2.51. The fourth-order valence-electron chi connectivity index (χ4n) is 11.4. The first-order valence-corrected chi connectivity index (χ1v) is 21.3. The Labute approximate surface area is 348 Å². The number of benzene rings is 8. The van der Waals surface area contributed by atoms with Crippen molar-refractivity contribution in [2.24, 2.45) is 0 Å². The first kappa shape index (κ1) is 34.7. The lowest BCUT2D eigenvalue weighted by Gasteiger charge is -2.51. The molecule has 0 aromatic heterocycles. The third kappa shape index (κ3) is 4.54. The fraction of sp³-hybridized carbons (Fsp3) is 0.179. The molecule has 0 atom stereocenters. The van der Waals surface area contributed by atoms with Crippen LogP contribution in [-0.2, 0) is 16.2 Å². The first-order valence-electron chi connectivity index (χ1n) is 21.3. The first-order chi connectivity index (χ1) is 28.4. The summed E-state index contributed by atoms with van der Waals surface area (Å²) in [4.78, 5) is 5.41. The van der Waals surface area contributed by atoms with Crippen molar-refractivity contribution >= 4 is 57.0 Å². The standard InChI is InChI=1S/C56H47BN2/c1-54(2,3)36-28-29-48(40(31-36)34-18-9-8-10-19-34)58-50-33-46-41(38-22-13-14-24-43(38)55(46,4)5)32-47(50)57-51-42(30-35-20-11-12-21-37(35)53(51)58)39-23-17-26-45-52(39)59(57)49-27-16-15-25-44(49)56(45,6)7/h8-33H,1-7H3. The molecule has 0 unspecified atom stereocenters. The monoisotopic (exact) mass is 758 g/mol. The average molecular weight is 759 g/mol. The zero-order valence-corrected chi connectivity index (χ0v) is 35.0. The second kappa shape index (κ2) is 11.7. The van der Waals surface area contributed by atoms with Gasteiger partial charge in [-0.2, -0.15) is 0 Å². The van der Waals surface area contributed by atoms with E-state index in [1.165, 1.54) is 111 Å². The SMILES string of the molecule is CC(C)(C)c1ccc(N2c3cc4c(cc3B3c5c(cc6ccccc6c52)-c2cccc5c2N3c2ccccc2C5(C)C)-c2ccccc2C4(C)C)c(-c2ccccc2)c1. The maximum atomic E-state index is 2.74. The summed E-state index contributed by atoms with van der Waals surface area (Å²) in [6, 6.07) is 60.5. The number of nitrogens with zero attached hydrogens (tertiary/aromatic N) is 2. The summed E-state index contributed by atoms with van der Waals surface area (Å²) in [5.41, 5.74) is 23.4. The van der Waals surface area contributed by atoms with Crippen LogP contribution in [0.5, 0.6) is 0 Å². The van der Waals surface area contributed by atoms with E-state index in [1.54, 1.807) is 0 Å². The number of hydrogen-bond donors (Lipinski definition) is 0. The van der Waals surface area contributed by atoms with E-state index in [9.17, 15) is 0 Å². The van der Waals surface area contributed by atoms with Crippen LogP contribution in [0.4, 0.5) is 28.4 Å². The van der Waals surface area contributed by atoms with Crippen LogP contribution in [-0.4, -0.2) is 6.85 Å². The number of fused-ring (bicyclic) bond motifs is 11. The lowest BCUT2D eigenvalue weighted by molar-refractivity contribution is 0.590. The Morgan fingerprint density at radius 2 is 1.14 bits per heavy atom. The van der Waals surface area contributed by atoms with E-state index in [-0.39, 0.29) is 23.1 Å². The molecule has 0 bridgehead atoms. The largest absolute Gasteiger partial charge is 0.376 e. The molecule has 0 N–H and O–H groups in total. The van der Waals surface area contributed by atoms with Crippen LogP contribution in [0.2, 0.25) is 0 Å². The molecule has 3 aliphatic heterocycles. The van der Waals surface area contributed by atoms with Gasteiger partial charge in [0.05, 0.1) is 11.4 Å². The molecule has 1 aliphatic carbocycles. The third-order valence-electron chi connectivity index (χ3n) is 14.3. The van der Waals surface area contributed by atoms with Gasteiger partial charge in [-0.15, -0.1) is 0 Å². The van der Waals surface area contributed by atoms with Crippen LogP contribution in [0.1, 0.15) is 76.3 Å². The van der Waals surface area contributed by atoms with E-state index in [1.807, 2.05) is 0 Å². The molecule has 0 fully saturated rings. The highest BCUT2D eigenvalue weighted by molar-refractivity contribution is 6.94. The van der Waals surface area contributed by atoms with Gasteiger partial charge in [0.15, 0.2) is 0 Å². The van der Waals surface area contributed by atoms with Crippen molar-refractivity contribution in [3.05, 3.63) is 186 Å². The van der Waals surface area contributed by atoms with Crippen molar-refractivity contribution in [3.8, 4) is 33.4 Å². The van der Waals surface area contributed by atoms with Crippen LogP contribution in [0.15, 0.2) is 158 Å². The van der Waals surface area contributed by atoms with Crippen molar-refractivity contribution in [2.75, 3.05) is 9.71 Å². The average Bonchev–Trinajstić information content (AvgIpc) is 3.47. The number of rotatable bonds is 2. The van der Waals surface area contributed by atoms with E-state index >= 15 is 0 Å². The Morgan fingerprint density at radius 3 is 1.95 bits per heavy atom. The Balaban J connectivity index is 1.28. The molecular formula is C56H47BN2. The fourth-order valence-corrected chi connectivity index (χ4v) is 11.4. The summed E-state index contributed by atoms with van der Waals surface area (Å²) >= 11 is 0. The molecule has 0 saturated heterocycles. The maximum absolute atomic E-state index is 2.74. The summed E-state index contributed by atoms with van der Waals surface area (Å²) in [5, 5.41) is 2.53. The normalized spacial score (nSPS) is 15.9. The minimum absolute atomic E-state index is 0.0148. The molecule has 3 heterocycles. The van der Waals surface area contributed by atoms with E-state index in [4.69, 9.17) is 0 Å². The summed E-state index contributed by atoms with van der Waals surface area (Å²) < 4.78 is 0. The van der Waals surface area contributed by atoms with Gasteiger partial charge >= 0.3 is 6.85 Å². The van der Waals surface area contributed by atoms with Gasteiger partial charge < -0.3 is 9.71 Å². The lowest BCUT2D eigenvalue weighted by Crippen LogP contribution is -2.63. The molecule has 0 spiro atoms. The Hall–Kier alpha value is -6.32. The molecule has 8 aromatic carbocycles. The zero-order chi connectivity index (χ0) is 40.2. The van der Waals surface area contributed by atoms with Gasteiger partial charge in [0.2, 0.25) is 0 Å². The zero-order valence-electron chi connectivity index (χ0n) is 35.0. The minimum Gasteiger partial charge on any atom is -0.376 e. The molecule has 0 saturated carbocycles. The maximum Gasteiger partial charge on any atom is 0.333 e. The summed E-state index contributed by atoms with van der Waals surface area (Å²) in [5.74, 6) is 0. The Bertz CT molecular complexity index is 3110. The molecule has 8 aromatic rings. The number of para-hydroxylation sites is 2. The van der Waals surface area contributed by atoms with E-state index in [2.05, 4.69) is 216 Å². The van der Waals surface area contributed by atoms with Crippen molar-refractivity contribution in [1.82, 2.24) is 0 Å². The highest BCUT2D eigenvalue weighted by Crippen LogP contribution is 2.58. The van der Waals surface area contributed by atoms with Gasteiger partial charge in [0.1, 0.15) is 0 Å². The molecular weight excluding hydrogens is 711 g/mol. The van der Waals surface area contributed by atoms with Crippen LogP contribution in [0.3, 0.4) is 0 Å². The van der Waals surface area contributed by atoms with Crippen molar-refractivity contribution in [3.63, 3.8) is 0 Å². The molecule has 284 valence electrons. The van der Waals surface area contributed by atoms with E-state index in [0.717, 1.165) is 0 Å². The van der Waals surface area contributed by atoms with Crippen molar-refractivity contribution < 1.29 is 0 Å². The molecule has 2 nitrogen and oxygen atoms in total. The topological polar surface area (TPSA) is 6.48 Å². The van der Waals surface area contributed by atoms with Crippen LogP contribution in [0, 0.1) is 0 Å². The number of hydrogen-bond acceptors (Lipinski definition) is 2. The van der Waals surface area contributed by atoms with E-state index in [0.29, 0.717) is 0 Å².